The zero-order valence-corrected chi connectivity index (χ0v) is 16.3. The van der Waals surface area contributed by atoms with Crippen molar-refractivity contribution in [3.63, 3.8) is 0 Å². The highest BCUT2D eigenvalue weighted by Gasteiger charge is 2.54. The van der Waals surface area contributed by atoms with Crippen molar-refractivity contribution in [3.05, 3.63) is 113 Å². The van der Waals surface area contributed by atoms with Crippen molar-refractivity contribution in [1.82, 2.24) is 10.2 Å². The van der Waals surface area contributed by atoms with E-state index in [-0.39, 0.29) is 11.9 Å². The molecule has 3 atom stereocenters. The Balaban J connectivity index is 1.56. The molecule has 0 radical (unpaired) electrons. The summed E-state index contributed by atoms with van der Waals surface area (Å²) in [6.45, 7) is 0. The lowest BCUT2D eigenvalue weighted by Crippen LogP contribution is -2.66. The molecule has 5 rings (SSSR count). The maximum absolute atomic E-state index is 14.8. The summed E-state index contributed by atoms with van der Waals surface area (Å²) >= 11 is 0. The highest BCUT2D eigenvalue weighted by atomic mass is 19.1. The molecule has 1 fully saturated rings. The van der Waals surface area contributed by atoms with Crippen LogP contribution < -0.4 is 5.32 Å². The van der Waals surface area contributed by atoms with Crippen molar-refractivity contribution in [1.29, 1.82) is 5.26 Å². The Kier molecular flexibility index (Phi) is 4.52. The predicted molar refractivity (Wildman–Crippen MR) is 111 cm³/mol. The number of fused-ring (bicyclic) bond motifs is 1. The van der Waals surface area contributed by atoms with E-state index in [0.717, 1.165) is 17.2 Å². The lowest BCUT2D eigenvalue weighted by molar-refractivity contribution is -0.145. The molecule has 31 heavy (non-hydrogen) atoms. The third kappa shape index (κ3) is 3.15. The van der Waals surface area contributed by atoms with E-state index in [4.69, 9.17) is 5.26 Å². The number of nitrogens with one attached hydrogen (secondary N) is 1. The smallest absolute Gasteiger partial charge is 0.250 e. The highest BCUT2D eigenvalue weighted by Crippen LogP contribution is 2.52. The molecule has 0 spiro atoms. The van der Waals surface area contributed by atoms with Gasteiger partial charge in [-0.15, -0.1) is 0 Å². The average Bonchev–Trinajstić information content (AvgIpc) is 2.77. The maximum atomic E-state index is 14.8. The Morgan fingerprint density at radius 1 is 0.968 bits per heavy atom. The summed E-state index contributed by atoms with van der Waals surface area (Å²) in [4.78, 5) is 14.8. The summed E-state index contributed by atoms with van der Waals surface area (Å²) in [5.41, 5.74) is 3.13. The Bertz CT molecular complexity index is 1230. The molecule has 0 aliphatic carbocycles. The summed E-state index contributed by atoms with van der Waals surface area (Å²) in [7, 11) is 0. The lowest BCUT2D eigenvalue weighted by Gasteiger charge is -2.57. The molecule has 2 aliphatic heterocycles. The normalized spacial score (nSPS) is 22.0. The zero-order valence-electron chi connectivity index (χ0n) is 16.3. The Labute approximate surface area is 178 Å². The number of carbonyl (C=O) groups excluding carboxylic acids is 1. The molecular weight excluding hydrogens is 396 g/mol. The van der Waals surface area contributed by atoms with Crippen LogP contribution in [0.2, 0.25) is 0 Å². The molecule has 0 bridgehead atoms. The van der Waals surface area contributed by atoms with Crippen LogP contribution in [0.4, 0.5) is 8.78 Å². The van der Waals surface area contributed by atoms with Gasteiger partial charge in [-0.3, -0.25) is 4.79 Å². The number of nitriles is 1. The van der Waals surface area contributed by atoms with Gasteiger partial charge in [0.25, 0.3) is 5.91 Å². The largest absolute Gasteiger partial charge is 0.364 e. The minimum Gasteiger partial charge on any atom is -0.364 e. The van der Waals surface area contributed by atoms with Gasteiger partial charge < -0.3 is 10.2 Å². The van der Waals surface area contributed by atoms with E-state index in [1.54, 1.807) is 29.2 Å². The van der Waals surface area contributed by atoms with E-state index < -0.39 is 23.7 Å². The van der Waals surface area contributed by atoms with Crippen LogP contribution in [0.25, 0.3) is 5.70 Å². The van der Waals surface area contributed by atoms with Crippen LogP contribution >= 0.6 is 0 Å². The molecule has 3 aromatic carbocycles. The molecule has 4 nitrogen and oxygen atoms in total. The second kappa shape index (κ2) is 7.37. The number of nitrogens with zero attached hydrogens (tertiary/aromatic N) is 2. The average molecular weight is 413 g/mol. The van der Waals surface area contributed by atoms with Gasteiger partial charge in [0.15, 0.2) is 0 Å². The number of carbonyl (C=O) groups is 1. The highest BCUT2D eigenvalue weighted by molar-refractivity contribution is 5.98. The number of benzene rings is 3. The van der Waals surface area contributed by atoms with Crippen LogP contribution in [0.5, 0.6) is 0 Å². The van der Waals surface area contributed by atoms with Crippen molar-refractivity contribution >= 4 is 11.6 Å². The molecule has 152 valence electrons. The Morgan fingerprint density at radius 2 is 1.71 bits per heavy atom. The minimum absolute atomic E-state index is 0.185. The first kappa shape index (κ1) is 19.0. The quantitative estimate of drug-likeness (QED) is 0.689. The summed E-state index contributed by atoms with van der Waals surface area (Å²) in [6, 6.07) is 21.6. The van der Waals surface area contributed by atoms with Crippen molar-refractivity contribution < 1.29 is 13.6 Å². The van der Waals surface area contributed by atoms with E-state index in [1.807, 2.05) is 30.3 Å². The molecule has 2 heterocycles. The molecule has 1 N–H and O–H groups in total. The molecule has 1 amide bonds. The molecule has 2 aliphatic rings. The van der Waals surface area contributed by atoms with Crippen molar-refractivity contribution in [2.24, 2.45) is 0 Å². The number of halogens is 2. The molecule has 6 heteroatoms. The second-order valence-electron chi connectivity index (χ2n) is 7.63. The Morgan fingerprint density at radius 3 is 2.39 bits per heavy atom. The first-order valence-corrected chi connectivity index (χ1v) is 9.88. The SMILES string of the molecule is N#Cc1ccc(C2=CC(=O)N3C(N2)C(c2ccc(F)cc2F)C3c2ccccc2)cc1. The van der Waals surface area contributed by atoms with Crippen LogP contribution in [-0.4, -0.2) is 17.0 Å². The molecule has 0 saturated carbocycles. The summed E-state index contributed by atoms with van der Waals surface area (Å²) in [6.07, 6.45) is 1.04. The van der Waals surface area contributed by atoms with Gasteiger partial charge in [0.2, 0.25) is 0 Å². The molecule has 1 saturated heterocycles. The van der Waals surface area contributed by atoms with E-state index >= 15 is 0 Å². The fourth-order valence-corrected chi connectivity index (χ4v) is 4.44. The zero-order chi connectivity index (χ0) is 21.5. The van der Waals surface area contributed by atoms with Gasteiger partial charge >= 0.3 is 0 Å². The second-order valence-corrected chi connectivity index (χ2v) is 7.63. The molecule has 0 aromatic heterocycles. The van der Waals surface area contributed by atoms with Crippen LogP contribution in [-0.2, 0) is 4.79 Å². The fourth-order valence-electron chi connectivity index (χ4n) is 4.44. The molecular formula is C25H17F2N3O. The van der Waals surface area contributed by atoms with E-state index in [1.165, 1.54) is 18.2 Å². The lowest BCUT2D eigenvalue weighted by atomic mass is 9.74. The van der Waals surface area contributed by atoms with E-state index in [2.05, 4.69) is 11.4 Å². The van der Waals surface area contributed by atoms with Gasteiger partial charge in [0.05, 0.1) is 23.6 Å². The Hall–Kier alpha value is -3.98. The number of hydrogen-bond donors (Lipinski definition) is 1. The van der Waals surface area contributed by atoms with Gasteiger partial charge in [-0.05, 0) is 34.9 Å². The fraction of sp³-hybridized carbons (Fsp3) is 0.120. The van der Waals surface area contributed by atoms with Crippen LogP contribution in [0, 0.1) is 23.0 Å². The summed E-state index contributed by atoms with van der Waals surface area (Å²) < 4.78 is 28.3. The maximum Gasteiger partial charge on any atom is 0.250 e. The van der Waals surface area contributed by atoms with E-state index in [9.17, 15) is 13.6 Å². The first-order valence-electron chi connectivity index (χ1n) is 9.88. The third-order valence-electron chi connectivity index (χ3n) is 5.89. The van der Waals surface area contributed by atoms with Crippen LogP contribution in [0.3, 0.4) is 0 Å². The van der Waals surface area contributed by atoms with Crippen molar-refractivity contribution in [2.45, 2.75) is 18.1 Å². The van der Waals surface area contributed by atoms with Crippen molar-refractivity contribution in [2.75, 3.05) is 0 Å². The summed E-state index contributed by atoms with van der Waals surface area (Å²) in [5, 5.41) is 12.4. The monoisotopic (exact) mass is 413 g/mol. The van der Waals surface area contributed by atoms with Gasteiger partial charge in [-0.25, -0.2) is 8.78 Å². The number of hydrogen-bond acceptors (Lipinski definition) is 3. The number of rotatable bonds is 3. The van der Waals surface area contributed by atoms with Crippen molar-refractivity contribution in [3.8, 4) is 6.07 Å². The third-order valence-corrected chi connectivity index (χ3v) is 5.89. The number of amides is 1. The van der Waals surface area contributed by atoms with Gasteiger partial charge in [0.1, 0.15) is 17.8 Å². The molecule has 3 aromatic rings. The topological polar surface area (TPSA) is 56.1 Å². The van der Waals surface area contributed by atoms with Gasteiger partial charge in [-0.1, -0.05) is 48.5 Å². The summed E-state index contributed by atoms with van der Waals surface area (Å²) in [5.74, 6) is -1.85. The standard InChI is InChI=1S/C25H17F2N3O/c26-18-10-11-19(20(27)12-18)23-24(17-4-2-1-3-5-17)30-22(31)13-21(29-25(23)30)16-8-6-15(14-28)7-9-16/h1-13,23-25,29H. The minimum atomic E-state index is -0.639. The van der Waals surface area contributed by atoms with E-state index in [0.29, 0.717) is 16.8 Å². The van der Waals surface area contributed by atoms with Gasteiger partial charge in [-0.2, -0.15) is 5.26 Å². The predicted octanol–water partition coefficient (Wildman–Crippen LogP) is 4.47. The molecule has 3 unspecified atom stereocenters. The van der Waals surface area contributed by atoms with Crippen LogP contribution in [0.1, 0.15) is 34.2 Å². The van der Waals surface area contributed by atoms with Gasteiger partial charge in [0, 0.05) is 17.8 Å². The van der Waals surface area contributed by atoms with Crippen LogP contribution in [0.15, 0.2) is 78.9 Å². The first-order chi connectivity index (χ1) is 15.1.